The van der Waals surface area contributed by atoms with Gasteiger partial charge in [-0.3, -0.25) is 0 Å². The number of nitrogens with zero attached hydrogens (tertiary/aromatic N) is 1. The molecule has 160 valence electrons. The summed E-state index contributed by atoms with van der Waals surface area (Å²) in [5.74, 6) is 0. The molecule has 4 bridgehead atoms. The van der Waals surface area contributed by atoms with Crippen molar-refractivity contribution in [3.05, 3.63) is 125 Å². The molecule has 4 aliphatic rings. The summed E-state index contributed by atoms with van der Waals surface area (Å²) >= 11 is 0. The number of aromatic nitrogens is 1. The predicted molar refractivity (Wildman–Crippen MR) is 139 cm³/mol. The van der Waals surface area contributed by atoms with Crippen LogP contribution in [0.25, 0.3) is 33.3 Å². The highest BCUT2D eigenvalue weighted by atomic mass is 14.7. The van der Waals surface area contributed by atoms with Crippen molar-refractivity contribution in [3.8, 4) is 22.4 Å². The molecule has 5 aromatic rings. The molecule has 0 atom stereocenters. The topological polar surface area (TPSA) is 12.9 Å². The van der Waals surface area contributed by atoms with Crippen LogP contribution in [0.15, 0.2) is 97.1 Å². The summed E-state index contributed by atoms with van der Waals surface area (Å²) in [6.45, 7) is 2.17. The van der Waals surface area contributed by atoms with Crippen LogP contribution >= 0.6 is 0 Å². The first-order valence-corrected chi connectivity index (χ1v) is 11.9. The average Bonchev–Trinajstić information content (AvgIpc) is 2.86. The van der Waals surface area contributed by atoms with Crippen LogP contribution in [0.2, 0.25) is 0 Å². The Morgan fingerprint density at radius 2 is 1.21 bits per heavy atom. The zero-order chi connectivity index (χ0) is 22.2. The minimum Gasteiger partial charge on any atom is -0.248 e. The SMILES string of the molecule is Cc1cc(-c2ccc(-c3cc4ccc3CCc3ccc(cc3)CC4)cc2)nc2ccccc12. The number of pyridine rings is 1. The molecule has 1 heterocycles. The molecule has 0 N–H and O–H groups in total. The maximum atomic E-state index is 4.92. The number of rotatable bonds is 2. The third-order valence-electron chi connectivity index (χ3n) is 7.00. The Bertz CT molecular complexity index is 1440. The second-order valence-electron chi connectivity index (χ2n) is 9.23. The number of benzene rings is 4. The summed E-state index contributed by atoms with van der Waals surface area (Å²) in [7, 11) is 0. The van der Waals surface area contributed by atoms with Crippen LogP contribution in [0, 0.1) is 6.92 Å². The molecule has 0 amide bonds. The molecule has 1 aromatic heterocycles. The van der Waals surface area contributed by atoms with Gasteiger partial charge < -0.3 is 0 Å². The quantitative estimate of drug-likeness (QED) is 0.282. The van der Waals surface area contributed by atoms with E-state index in [2.05, 4.69) is 104 Å². The van der Waals surface area contributed by atoms with Crippen LogP contribution in [-0.2, 0) is 25.7 Å². The third-order valence-corrected chi connectivity index (χ3v) is 7.00. The van der Waals surface area contributed by atoms with Gasteiger partial charge in [0.15, 0.2) is 0 Å². The fourth-order valence-electron chi connectivity index (χ4n) is 5.02. The largest absolute Gasteiger partial charge is 0.248 e. The molecule has 4 aliphatic carbocycles. The van der Waals surface area contributed by atoms with Gasteiger partial charge in [-0.25, -0.2) is 4.98 Å². The Labute approximate surface area is 195 Å². The van der Waals surface area contributed by atoms with Gasteiger partial charge in [-0.15, -0.1) is 0 Å². The number of para-hydroxylation sites is 1. The Kier molecular flexibility index (Phi) is 5.03. The van der Waals surface area contributed by atoms with Gasteiger partial charge in [0.05, 0.1) is 11.2 Å². The molecule has 0 fully saturated rings. The lowest BCUT2D eigenvalue weighted by Crippen LogP contribution is -2.00. The molecule has 1 nitrogen and oxygen atoms in total. The first-order valence-electron chi connectivity index (χ1n) is 11.9. The van der Waals surface area contributed by atoms with Crippen molar-refractivity contribution in [2.75, 3.05) is 0 Å². The lowest BCUT2D eigenvalue weighted by atomic mass is 9.90. The van der Waals surface area contributed by atoms with Crippen LogP contribution in [0.4, 0.5) is 0 Å². The summed E-state index contributed by atoms with van der Waals surface area (Å²) < 4.78 is 0. The van der Waals surface area contributed by atoms with Gasteiger partial charge in [0.2, 0.25) is 0 Å². The van der Waals surface area contributed by atoms with Gasteiger partial charge in [-0.2, -0.15) is 0 Å². The van der Waals surface area contributed by atoms with E-state index >= 15 is 0 Å². The van der Waals surface area contributed by atoms with Gasteiger partial charge in [0.25, 0.3) is 0 Å². The van der Waals surface area contributed by atoms with Crippen molar-refractivity contribution in [1.82, 2.24) is 4.98 Å². The molecule has 0 aliphatic heterocycles. The van der Waals surface area contributed by atoms with Crippen LogP contribution in [0.5, 0.6) is 0 Å². The van der Waals surface area contributed by atoms with Crippen molar-refractivity contribution in [2.45, 2.75) is 32.6 Å². The lowest BCUT2D eigenvalue weighted by molar-refractivity contribution is 0.923. The van der Waals surface area contributed by atoms with Crippen LogP contribution in [0.1, 0.15) is 27.8 Å². The Morgan fingerprint density at radius 1 is 0.576 bits per heavy atom. The van der Waals surface area contributed by atoms with Crippen molar-refractivity contribution in [2.24, 2.45) is 0 Å². The molecule has 4 aromatic carbocycles. The molecular weight excluding hydrogens is 398 g/mol. The zero-order valence-electron chi connectivity index (χ0n) is 19.0. The Hall–Kier alpha value is -3.71. The summed E-state index contributed by atoms with van der Waals surface area (Å²) in [5, 5.41) is 1.22. The van der Waals surface area contributed by atoms with E-state index in [1.165, 1.54) is 49.9 Å². The predicted octanol–water partition coefficient (Wildman–Crippen LogP) is 7.76. The molecule has 33 heavy (non-hydrogen) atoms. The number of hydrogen-bond acceptors (Lipinski definition) is 1. The maximum Gasteiger partial charge on any atom is 0.0712 e. The van der Waals surface area contributed by atoms with E-state index in [1.54, 1.807) is 0 Å². The molecule has 0 radical (unpaired) electrons. The number of aryl methyl sites for hydroxylation is 5. The highest BCUT2D eigenvalue weighted by molar-refractivity contribution is 5.85. The van der Waals surface area contributed by atoms with Crippen LogP contribution < -0.4 is 0 Å². The van der Waals surface area contributed by atoms with E-state index in [4.69, 9.17) is 4.98 Å². The minimum absolute atomic E-state index is 1.04. The zero-order valence-corrected chi connectivity index (χ0v) is 19.0. The smallest absolute Gasteiger partial charge is 0.0712 e. The number of hydrogen-bond donors (Lipinski definition) is 0. The summed E-state index contributed by atoms with van der Waals surface area (Å²) in [4.78, 5) is 4.92. The average molecular weight is 426 g/mol. The number of fused-ring (bicyclic) bond motifs is 1. The summed E-state index contributed by atoms with van der Waals surface area (Å²) in [6.07, 6.45) is 4.29. The monoisotopic (exact) mass is 425 g/mol. The maximum absolute atomic E-state index is 4.92. The second-order valence-corrected chi connectivity index (χ2v) is 9.23. The summed E-state index contributed by atoms with van der Waals surface area (Å²) in [6, 6.07) is 35.8. The molecule has 1 heteroatoms. The van der Waals surface area contributed by atoms with Crippen molar-refractivity contribution >= 4 is 10.9 Å². The van der Waals surface area contributed by atoms with Gasteiger partial charge in [0.1, 0.15) is 0 Å². The lowest BCUT2D eigenvalue weighted by Gasteiger charge is -2.15. The third kappa shape index (κ3) is 3.96. The first kappa shape index (κ1) is 19.9. The standard InChI is InChI=1S/C32H27N/c1-22-20-32(33-31-5-3-2-4-29(22)31)28-18-16-27(17-19-28)30-21-25-11-10-23-6-8-24(9-7-23)12-14-26(30)15-13-25/h2-9,13,15-21H,10-12,14H2,1H3. The van der Waals surface area contributed by atoms with Gasteiger partial charge in [0, 0.05) is 10.9 Å². The van der Waals surface area contributed by atoms with Crippen molar-refractivity contribution in [1.29, 1.82) is 0 Å². The van der Waals surface area contributed by atoms with E-state index in [-0.39, 0.29) is 0 Å². The normalized spacial score (nSPS) is 13.1. The molecular formula is C32H27N. The Balaban J connectivity index is 1.36. The van der Waals surface area contributed by atoms with Crippen LogP contribution in [0.3, 0.4) is 0 Å². The fourth-order valence-corrected chi connectivity index (χ4v) is 5.02. The molecule has 0 saturated carbocycles. The highest BCUT2D eigenvalue weighted by Crippen LogP contribution is 2.31. The van der Waals surface area contributed by atoms with E-state index in [0.717, 1.165) is 36.9 Å². The van der Waals surface area contributed by atoms with E-state index < -0.39 is 0 Å². The highest BCUT2D eigenvalue weighted by Gasteiger charge is 2.11. The van der Waals surface area contributed by atoms with Crippen LogP contribution in [-0.4, -0.2) is 4.98 Å². The van der Waals surface area contributed by atoms with E-state index in [1.807, 2.05) is 0 Å². The van der Waals surface area contributed by atoms with Gasteiger partial charge in [-0.1, -0.05) is 84.9 Å². The summed E-state index contributed by atoms with van der Waals surface area (Å²) in [5.41, 5.74) is 12.9. The molecule has 0 unspecified atom stereocenters. The fraction of sp³-hybridized carbons (Fsp3) is 0.156. The van der Waals surface area contributed by atoms with E-state index in [0.29, 0.717) is 0 Å². The minimum atomic E-state index is 1.04. The molecule has 0 spiro atoms. The van der Waals surface area contributed by atoms with Gasteiger partial charge >= 0.3 is 0 Å². The van der Waals surface area contributed by atoms with E-state index in [9.17, 15) is 0 Å². The molecule has 0 saturated heterocycles. The molecule has 9 rings (SSSR count). The second kappa shape index (κ2) is 8.33. The van der Waals surface area contributed by atoms with Gasteiger partial charge in [-0.05, 0) is 83.7 Å². The first-order chi connectivity index (χ1) is 16.2. The van der Waals surface area contributed by atoms with Crippen molar-refractivity contribution in [3.63, 3.8) is 0 Å². The Morgan fingerprint density at radius 3 is 2.00 bits per heavy atom. The van der Waals surface area contributed by atoms with Crippen molar-refractivity contribution < 1.29 is 0 Å².